The smallest absolute Gasteiger partial charge is 0.475 e. The number of para-hydroxylation sites is 1. The molecule has 3 rings (SSSR count). The highest BCUT2D eigenvalue weighted by Gasteiger charge is 2.52. The van der Waals surface area contributed by atoms with Crippen molar-refractivity contribution in [3.05, 3.63) is 30.3 Å². The number of anilines is 1. The van der Waals surface area contributed by atoms with Crippen molar-refractivity contribution in [2.24, 2.45) is 5.41 Å². The lowest BCUT2D eigenvalue weighted by molar-refractivity contribution is -0.192. The first kappa shape index (κ1) is 24.4. The molecular weight excluding hydrogens is 417 g/mol. The molecule has 2 aliphatic rings. The van der Waals surface area contributed by atoms with Crippen molar-refractivity contribution in [2.45, 2.75) is 31.5 Å². The van der Waals surface area contributed by atoms with Gasteiger partial charge in [-0.1, -0.05) is 18.2 Å². The lowest BCUT2D eigenvalue weighted by Crippen LogP contribution is -2.46. The molecule has 3 amide bonds. The second-order valence-corrected chi connectivity index (χ2v) is 7.61. The molecule has 2 fully saturated rings. The lowest BCUT2D eigenvalue weighted by atomic mass is 9.75. The van der Waals surface area contributed by atoms with Crippen LogP contribution in [0.15, 0.2) is 30.3 Å². The number of hydrogen-bond acceptors (Lipinski definition) is 4. The van der Waals surface area contributed by atoms with E-state index in [1.165, 1.54) is 0 Å². The normalized spacial score (nSPS) is 23.6. The summed E-state index contributed by atoms with van der Waals surface area (Å²) in [6.07, 6.45) is -2.71. The second kappa shape index (κ2) is 9.99. The van der Waals surface area contributed by atoms with Crippen molar-refractivity contribution < 1.29 is 32.7 Å². The minimum Gasteiger partial charge on any atom is -0.475 e. The number of rotatable bonds is 2. The van der Waals surface area contributed by atoms with E-state index in [2.05, 4.69) is 22.6 Å². The molecule has 0 unspecified atom stereocenters. The van der Waals surface area contributed by atoms with Gasteiger partial charge in [0.2, 0.25) is 5.91 Å². The third-order valence-electron chi connectivity index (χ3n) is 5.81. The lowest BCUT2D eigenvalue weighted by Gasteiger charge is -2.34. The Labute approximate surface area is 178 Å². The van der Waals surface area contributed by atoms with Gasteiger partial charge in [-0.15, -0.1) is 0 Å². The third kappa shape index (κ3) is 5.87. The van der Waals surface area contributed by atoms with E-state index in [0.717, 1.165) is 25.1 Å². The van der Waals surface area contributed by atoms with Crippen LogP contribution in [0.2, 0.25) is 0 Å². The fraction of sp³-hybridized carbons (Fsp3) is 0.550. The molecule has 2 aliphatic heterocycles. The SMILES string of the molecule is CNC(=O)N1CC[C@H]2N(C)CC[C@@]2(C(=O)Nc2ccccc2)CC1.O=C(O)C(F)(F)F. The molecule has 0 spiro atoms. The van der Waals surface area contributed by atoms with Gasteiger partial charge in [-0.25, -0.2) is 9.59 Å². The van der Waals surface area contributed by atoms with E-state index >= 15 is 0 Å². The zero-order chi connectivity index (χ0) is 23.2. The van der Waals surface area contributed by atoms with Gasteiger partial charge in [0.15, 0.2) is 0 Å². The first-order chi connectivity index (χ1) is 14.5. The van der Waals surface area contributed by atoms with Crippen LogP contribution in [0.3, 0.4) is 0 Å². The van der Waals surface area contributed by atoms with E-state index in [1.807, 2.05) is 35.2 Å². The molecule has 3 N–H and O–H groups in total. The van der Waals surface area contributed by atoms with Crippen LogP contribution in [-0.2, 0) is 9.59 Å². The highest BCUT2D eigenvalue weighted by Crippen LogP contribution is 2.43. The van der Waals surface area contributed by atoms with E-state index in [1.54, 1.807) is 7.05 Å². The van der Waals surface area contributed by atoms with E-state index in [0.29, 0.717) is 19.5 Å². The van der Waals surface area contributed by atoms with Crippen molar-refractivity contribution in [1.82, 2.24) is 15.1 Å². The van der Waals surface area contributed by atoms with E-state index < -0.39 is 17.6 Å². The summed E-state index contributed by atoms with van der Waals surface area (Å²) in [6.45, 7) is 2.23. The average Bonchev–Trinajstić information content (AvgIpc) is 2.92. The minimum absolute atomic E-state index is 0.0590. The van der Waals surface area contributed by atoms with Crippen LogP contribution < -0.4 is 10.6 Å². The molecule has 0 saturated carbocycles. The van der Waals surface area contributed by atoms with Crippen LogP contribution in [0.25, 0.3) is 0 Å². The van der Waals surface area contributed by atoms with Gasteiger partial charge in [-0.05, 0) is 45.0 Å². The summed E-state index contributed by atoms with van der Waals surface area (Å²) in [5, 5.41) is 12.9. The third-order valence-corrected chi connectivity index (χ3v) is 5.81. The van der Waals surface area contributed by atoms with Crippen molar-refractivity contribution in [3.63, 3.8) is 0 Å². The molecule has 172 valence electrons. The Balaban J connectivity index is 0.000000423. The van der Waals surface area contributed by atoms with Crippen LogP contribution in [0, 0.1) is 5.41 Å². The number of likely N-dealkylation sites (tertiary alicyclic amines) is 2. The summed E-state index contributed by atoms with van der Waals surface area (Å²) in [5.74, 6) is -2.67. The zero-order valence-electron chi connectivity index (χ0n) is 17.4. The monoisotopic (exact) mass is 444 g/mol. The number of fused-ring (bicyclic) bond motifs is 1. The average molecular weight is 444 g/mol. The predicted molar refractivity (Wildman–Crippen MR) is 107 cm³/mol. The molecule has 8 nitrogen and oxygen atoms in total. The first-order valence-electron chi connectivity index (χ1n) is 9.85. The number of carbonyl (C=O) groups excluding carboxylic acids is 2. The van der Waals surface area contributed by atoms with Gasteiger partial charge in [0.1, 0.15) is 0 Å². The second-order valence-electron chi connectivity index (χ2n) is 7.61. The summed E-state index contributed by atoms with van der Waals surface area (Å²) < 4.78 is 31.7. The zero-order valence-corrected chi connectivity index (χ0v) is 17.4. The maximum Gasteiger partial charge on any atom is 0.490 e. The van der Waals surface area contributed by atoms with Gasteiger partial charge < -0.3 is 25.5 Å². The summed E-state index contributed by atoms with van der Waals surface area (Å²) >= 11 is 0. The number of aliphatic carboxylic acids is 1. The maximum atomic E-state index is 13.2. The number of carbonyl (C=O) groups is 3. The number of carboxylic acid groups (broad SMARTS) is 1. The molecule has 2 saturated heterocycles. The number of benzene rings is 1. The quantitative estimate of drug-likeness (QED) is 0.650. The van der Waals surface area contributed by atoms with Crippen LogP contribution in [-0.4, -0.2) is 78.8 Å². The van der Waals surface area contributed by atoms with Gasteiger partial charge in [-0.2, -0.15) is 13.2 Å². The number of urea groups is 1. The van der Waals surface area contributed by atoms with E-state index in [9.17, 15) is 22.8 Å². The summed E-state index contributed by atoms with van der Waals surface area (Å²) in [6, 6.07) is 9.73. The molecule has 0 bridgehead atoms. The number of hydrogen-bond donors (Lipinski definition) is 3. The molecule has 0 aromatic heterocycles. The Morgan fingerprint density at radius 2 is 1.68 bits per heavy atom. The summed E-state index contributed by atoms with van der Waals surface area (Å²) in [4.78, 5) is 38.1. The van der Waals surface area contributed by atoms with E-state index in [4.69, 9.17) is 9.90 Å². The molecule has 1 aromatic carbocycles. The highest BCUT2D eigenvalue weighted by molar-refractivity contribution is 5.96. The molecule has 2 atom stereocenters. The van der Waals surface area contributed by atoms with Crippen LogP contribution >= 0.6 is 0 Å². The Bertz CT molecular complexity index is 790. The molecule has 2 heterocycles. The summed E-state index contributed by atoms with van der Waals surface area (Å²) in [7, 11) is 3.73. The highest BCUT2D eigenvalue weighted by atomic mass is 19.4. The molecular formula is C20H27F3N4O4. The number of nitrogens with one attached hydrogen (secondary N) is 2. The van der Waals surface area contributed by atoms with Gasteiger partial charge in [0.05, 0.1) is 5.41 Å². The molecule has 1 aromatic rings. The maximum absolute atomic E-state index is 13.2. The van der Waals surface area contributed by atoms with Crippen molar-refractivity contribution in [2.75, 3.05) is 39.0 Å². The number of halogens is 3. The van der Waals surface area contributed by atoms with Gasteiger partial charge in [-0.3, -0.25) is 4.79 Å². The van der Waals surface area contributed by atoms with E-state index in [-0.39, 0.29) is 18.0 Å². The molecule has 31 heavy (non-hydrogen) atoms. The largest absolute Gasteiger partial charge is 0.490 e. The Kier molecular flexibility index (Phi) is 7.88. The number of carboxylic acids is 1. The molecule has 11 heteroatoms. The minimum atomic E-state index is -5.08. The van der Waals surface area contributed by atoms with Crippen LogP contribution in [0.1, 0.15) is 19.3 Å². The predicted octanol–water partition coefficient (Wildman–Crippen LogP) is 2.38. The fourth-order valence-corrected chi connectivity index (χ4v) is 4.15. The van der Waals surface area contributed by atoms with Gasteiger partial charge in [0, 0.05) is 31.9 Å². The standard InChI is InChI=1S/C18H26N4O2.C2HF3O2/c1-19-17(24)22-11-8-15-18(10-13-22,9-12-21(15)2)16(23)20-14-6-4-3-5-7-14;3-2(4,5)1(6)7/h3-7,15H,8-13H2,1-2H3,(H,19,24)(H,20,23);(H,6,7)/t15-,18-;/m1./s1. The number of alkyl halides is 3. The Hall–Kier alpha value is -2.82. The van der Waals surface area contributed by atoms with Crippen molar-refractivity contribution in [3.8, 4) is 0 Å². The van der Waals surface area contributed by atoms with Gasteiger partial charge >= 0.3 is 18.2 Å². The molecule has 0 aliphatic carbocycles. The van der Waals surface area contributed by atoms with Crippen molar-refractivity contribution >= 4 is 23.6 Å². The first-order valence-corrected chi connectivity index (χ1v) is 9.85. The van der Waals surface area contributed by atoms with Crippen LogP contribution in [0.5, 0.6) is 0 Å². The van der Waals surface area contributed by atoms with Crippen molar-refractivity contribution in [1.29, 1.82) is 0 Å². The fourth-order valence-electron chi connectivity index (χ4n) is 4.15. The topological polar surface area (TPSA) is 102 Å². The summed E-state index contributed by atoms with van der Waals surface area (Å²) in [5.41, 5.74) is 0.408. The Morgan fingerprint density at radius 3 is 2.23 bits per heavy atom. The Morgan fingerprint density at radius 1 is 1.10 bits per heavy atom. The van der Waals surface area contributed by atoms with Crippen LogP contribution in [0.4, 0.5) is 23.7 Å². The number of amides is 3. The molecule has 0 radical (unpaired) electrons. The van der Waals surface area contributed by atoms with Gasteiger partial charge in [0.25, 0.3) is 0 Å². The number of nitrogens with zero attached hydrogens (tertiary/aromatic N) is 2.